The van der Waals surface area contributed by atoms with Crippen molar-refractivity contribution in [2.45, 2.75) is 111 Å². The normalized spacial score (nSPS) is 42.8. The van der Waals surface area contributed by atoms with Crippen LogP contribution < -0.4 is 5.32 Å². The van der Waals surface area contributed by atoms with Crippen molar-refractivity contribution >= 4 is 22.3 Å². The first kappa shape index (κ1) is 39.6. The van der Waals surface area contributed by atoms with Crippen molar-refractivity contribution in [1.29, 1.82) is 0 Å². The molecule has 1 amide bonds. The number of carboxylic acid groups (broad SMARTS) is 1. The first-order valence-electron chi connectivity index (χ1n) is 13.9. The van der Waals surface area contributed by atoms with Crippen molar-refractivity contribution in [3.8, 4) is 0 Å². The summed E-state index contributed by atoms with van der Waals surface area (Å²) in [5.41, 5.74) is 0. The maximum atomic E-state index is 12.3. The van der Waals surface area contributed by atoms with E-state index in [1.807, 2.05) is 0 Å². The maximum Gasteiger partial charge on any atom is 0.397 e. The number of hydrogen-bond donors (Lipinski definition) is 13. The first-order chi connectivity index (χ1) is 21.8. The largest absolute Gasteiger partial charge is 0.477 e. The van der Waals surface area contributed by atoms with Crippen LogP contribution in [0.2, 0.25) is 0 Å². The lowest BCUT2D eigenvalue weighted by atomic mass is 9.90. The van der Waals surface area contributed by atoms with Gasteiger partial charge >= 0.3 is 16.4 Å². The van der Waals surface area contributed by atoms with Crippen molar-refractivity contribution in [3.63, 3.8) is 0 Å². The van der Waals surface area contributed by atoms with Crippen molar-refractivity contribution in [1.82, 2.24) is 5.32 Å². The van der Waals surface area contributed by atoms with Crippen LogP contribution >= 0.6 is 0 Å². The second-order valence-corrected chi connectivity index (χ2v) is 12.1. The van der Waals surface area contributed by atoms with E-state index >= 15 is 0 Å². The number of hydrogen-bond acceptors (Lipinski definition) is 20. The highest BCUT2D eigenvalue weighted by Gasteiger charge is 2.57. The van der Waals surface area contributed by atoms with Gasteiger partial charge in [0, 0.05) is 13.3 Å². The van der Waals surface area contributed by atoms with Crippen LogP contribution in [0.3, 0.4) is 0 Å². The molecule has 23 nitrogen and oxygen atoms in total. The van der Waals surface area contributed by atoms with E-state index in [2.05, 4.69) is 9.50 Å². The third-order valence-electron chi connectivity index (χ3n) is 7.67. The highest BCUT2D eigenvalue weighted by atomic mass is 32.3. The van der Waals surface area contributed by atoms with E-state index in [0.29, 0.717) is 0 Å². The topological polar surface area (TPSA) is 378 Å². The molecule has 0 aromatic rings. The summed E-state index contributed by atoms with van der Waals surface area (Å²) >= 11 is 0. The Labute approximate surface area is 265 Å². The standard InChI is InChI=1S/C23H39NO22S/c1-6(27)24-11-17(44-21-16(34)19(46-47(38,39)40)14(32)9(4-26)43-21)15(33)10(42-20(11)35)5-41-23(22(36)37)2-7(28)12(30)18(45-23)13(31)8(29)3-25/h7-21,25-26,28-35H,2-5H2,1H3,(H,24,27)(H,36,37)(H,38,39,40)/t7-,8+,9+,10+,11+,12+,13+,14-,15-,16+,17+,18+,19-,20-,21-,23+/m0/s1. The maximum absolute atomic E-state index is 12.3. The lowest BCUT2D eigenvalue weighted by molar-refractivity contribution is -0.354. The van der Waals surface area contributed by atoms with Gasteiger partial charge in [-0.15, -0.1) is 0 Å². The summed E-state index contributed by atoms with van der Waals surface area (Å²) in [6.45, 7) is -2.14. The van der Waals surface area contributed by atoms with Crippen molar-refractivity contribution in [2.24, 2.45) is 0 Å². The molecule has 47 heavy (non-hydrogen) atoms. The van der Waals surface area contributed by atoms with Crippen LogP contribution in [-0.2, 0) is 47.9 Å². The van der Waals surface area contributed by atoms with E-state index < -0.39 is 146 Å². The molecule has 0 aromatic heterocycles. The summed E-state index contributed by atoms with van der Waals surface area (Å²) in [4.78, 5) is 24.2. The van der Waals surface area contributed by atoms with Gasteiger partial charge in [-0.1, -0.05) is 0 Å². The number of amides is 1. The van der Waals surface area contributed by atoms with Crippen molar-refractivity contribution < 1.29 is 107 Å². The van der Waals surface area contributed by atoms with Gasteiger partial charge in [-0.2, -0.15) is 8.42 Å². The molecule has 0 saturated carbocycles. The minimum atomic E-state index is -5.32. The summed E-state index contributed by atoms with van der Waals surface area (Å²) in [6.07, 6.45) is -29.4. The lowest BCUT2D eigenvalue weighted by Crippen LogP contribution is -2.68. The van der Waals surface area contributed by atoms with Gasteiger partial charge in [0.1, 0.15) is 73.2 Å². The number of rotatable bonds is 13. The summed E-state index contributed by atoms with van der Waals surface area (Å²) < 4.78 is 62.7. The Kier molecular flexibility index (Phi) is 13.4. The third kappa shape index (κ3) is 9.07. The van der Waals surface area contributed by atoms with Crippen LogP contribution in [0, 0.1) is 0 Å². The second-order valence-electron chi connectivity index (χ2n) is 11.0. The van der Waals surface area contributed by atoms with Gasteiger partial charge in [-0.25, -0.2) is 8.98 Å². The number of carbonyl (C=O) groups is 2. The Hall–Kier alpha value is -1.79. The van der Waals surface area contributed by atoms with E-state index in [1.165, 1.54) is 0 Å². The van der Waals surface area contributed by atoms with Gasteiger partial charge in [0.25, 0.3) is 5.79 Å². The van der Waals surface area contributed by atoms with E-state index in [-0.39, 0.29) is 0 Å². The number of nitrogens with one attached hydrogen (secondary N) is 1. The molecule has 0 bridgehead atoms. The molecule has 0 spiro atoms. The minimum Gasteiger partial charge on any atom is -0.477 e. The molecule has 0 unspecified atom stereocenters. The third-order valence-corrected chi connectivity index (χ3v) is 8.13. The molecule has 3 heterocycles. The molecule has 16 atom stereocenters. The Bertz CT molecular complexity index is 1180. The molecular formula is C23H39NO22S. The zero-order chi connectivity index (χ0) is 35.6. The fourth-order valence-corrected chi connectivity index (χ4v) is 5.77. The summed E-state index contributed by atoms with van der Waals surface area (Å²) in [7, 11) is -5.32. The molecule has 274 valence electrons. The SMILES string of the molecule is CC(=O)N[C@@H]1[C@@H](O[C@@H]2O[C@H](CO)[C@H](O)[C@H](OS(=O)(=O)O)[C@H]2O)[C@@H](O)[C@@H](CO[C@]2(C(=O)O)C[C@H](O)[C@@H](O)[C@H]([C@H](O)[C@H](O)CO)O2)O[C@@H]1O. The zero-order valence-electron chi connectivity index (χ0n) is 24.3. The van der Waals surface area contributed by atoms with E-state index in [0.717, 1.165) is 6.92 Å². The van der Waals surface area contributed by atoms with Crippen LogP contribution in [-0.4, -0.2) is 198 Å². The average Bonchev–Trinajstić information content (AvgIpc) is 2.99. The first-order valence-corrected chi connectivity index (χ1v) is 15.2. The van der Waals surface area contributed by atoms with Crippen LogP contribution in [0.5, 0.6) is 0 Å². The van der Waals surface area contributed by atoms with Gasteiger partial charge in [-0.05, 0) is 0 Å². The minimum absolute atomic E-state index is 0.822. The number of carbonyl (C=O) groups excluding carboxylic acids is 1. The smallest absolute Gasteiger partial charge is 0.397 e. The summed E-state index contributed by atoms with van der Waals surface area (Å²) in [6, 6.07) is -1.70. The van der Waals surface area contributed by atoms with Crippen LogP contribution in [0.25, 0.3) is 0 Å². The molecular weight excluding hydrogens is 674 g/mol. The number of carboxylic acids is 1. The second kappa shape index (κ2) is 15.8. The monoisotopic (exact) mass is 713 g/mol. The number of ether oxygens (including phenoxy) is 5. The Morgan fingerprint density at radius 3 is 2.11 bits per heavy atom. The summed E-state index contributed by atoms with van der Waals surface area (Å²) in [5.74, 6) is -5.67. The molecule has 0 radical (unpaired) electrons. The highest BCUT2D eigenvalue weighted by Crippen LogP contribution is 2.35. The molecule has 3 fully saturated rings. The Balaban J connectivity index is 1.88. The number of aliphatic hydroxyl groups excluding tert-OH is 10. The van der Waals surface area contributed by atoms with E-state index in [4.69, 9.17) is 33.3 Å². The number of aliphatic hydroxyl groups is 10. The highest BCUT2D eigenvalue weighted by molar-refractivity contribution is 7.80. The molecule has 3 aliphatic rings. The zero-order valence-corrected chi connectivity index (χ0v) is 25.2. The van der Waals surface area contributed by atoms with Crippen LogP contribution in [0.15, 0.2) is 0 Å². The molecule has 13 N–H and O–H groups in total. The molecule has 0 aromatic carbocycles. The molecule has 3 aliphatic heterocycles. The molecule has 24 heteroatoms. The average molecular weight is 714 g/mol. The molecule has 3 rings (SSSR count). The Morgan fingerprint density at radius 1 is 0.957 bits per heavy atom. The van der Waals surface area contributed by atoms with Gasteiger partial charge in [-0.3, -0.25) is 9.35 Å². The van der Waals surface area contributed by atoms with E-state index in [1.54, 1.807) is 0 Å². The predicted molar refractivity (Wildman–Crippen MR) is 140 cm³/mol. The summed E-state index contributed by atoms with van der Waals surface area (Å²) in [5, 5.41) is 114. The van der Waals surface area contributed by atoms with Gasteiger partial charge in [0.2, 0.25) is 5.91 Å². The molecule has 3 saturated heterocycles. The van der Waals surface area contributed by atoms with Crippen molar-refractivity contribution in [2.75, 3.05) is 19.8 Å². The fourth-order valence-electron chi connectivity index (χ4n) is 5.26. The fraction of sp³-hybridized carbons (Fsp3) is 0.913. The lowest BCUT2D eigenvalue weighted by Gasteiger charge is -2.48. The van der Waals surface area contributed by atoms with Gasteiger partial charge < -0.3 is 85.2 Å². The van der Waals surface area contributed by atoms with Crippen molar-refractivity contribution in [3.05, 3.63) is 0 Å². The molecule has 0 aliphatic carbocycles. The van der Waals surface area contributed by atoms with Gasteiger partial charge in [0.15, 0.2) is 12.6 Å². The van der Waals surface area contributed by atoms with Gasteiger partial charge in [0.05, 0.1) is 25.9 Å². The quantitative estimate of drug-likeness (QED) is 0.0788. The predicted octanol–water partition coefficient (Wildman–Crippen LogP) is -8.40. The van der Waals surface area contributed by atoms with Crippen LogP contribution in [0.4, 0.5) is 0 Å². The van der Waals surface area contributed by atoms with Crippen LogP contribution in [0.1, 0.15) is 13.3 Å². The Morgan fingerprint density at radius 2 is 1.57 bits per heavy atom. The number of aliphatic carboxylic acids is 1. The van der Waals surface area contributed by atoms with E-state index in [9.17, 15) is 69.1 Å².